The molecule has 0 bridgehead atoms. The number of aryl methyl sites for hydroxylation is 2. The van der Waals surface area contributed by atoms with Crippen LogP contribution in [0.3, 0.4) is 0 Å². The highest BCUT2D eigenvalue weighted by Crippen LogP contribution is 2.39. The van der Waals surface area contributed by atoms with Gasteiger partial charge >= 0.3 is 0 Å². The van der Waals surface area contributed by atoms with Crippen LogP contribution < -0.4 is 10.6 Å². The molecule has 0 aliphatic heterocycles. The minimum absolute atomic E-state index is 0.0754. The van der Waals surface area contributed by atoms with Crippen LogP contribution in [0.4, 0.5) is 17.2 Å². The van der Waals surface area contributed by atoms with Crippen LogP contribution in [-0.4, -0.2) is 15.9 Å². The van der Waals surface area contributed by atoms with E-state index >= 15 is 0 Å². The molecule has 23 heavy (non-hydrogen) atoms. The van der Waals surface area contributed by atoms with Gasteiger partial charge in [0.15, 0.2) is 0 Å². The molecule has 1 aliphatic rings. The molecule has 1 saturated carbocycles. The number of anilines is 3. The van der Waals surface area contributed by atoms with Crippen LogP contribution in [0.1, 0.15) is 42.6 Å². The summed E-state index contributed by atoms with van der Waals surface area (Å²) in [6.45, 7) is 5.44. The summed E-state index contributed by atoms with van der Waals surface area (Å²) in [5, 5.41) is 6.59. The Balaban J connectivity index is 1.87. The smallest absolute Gasteiger partial charge is 0.221 e. The minimum Gasteiger partial charge on any atom is -0.340 e. The summed E-state index contributed by atoms with van der Waals surface area (Å²) in [5.41, 5.74) is 3.74. The number of hydrogen-bond donors (Lipinski definition) is 2. The van der Waals surface area contributed by atoms with E-state index in [-0.39, 0.29) is 5.91 Å². The average Bonchev–Trinajstić information content (AvgIpc) is 3.26. The van der Waals surface area contributed by atoms with Crippen molar-refractivity contribution in [1.29, 1.82) is 0 Å². The summed E-state index contributed by atoms with van der Waals surface area (Å²) < 4.78 is 0. The number of rotatable bonds is 4. The first kappa shape index (κ1) is 15.7. The van der Waals surface area contributed by atoms with E-state index in [2.05, 4.69) is 20.6 Å². The van der Waals surface area contributed by atoms with Crippen LogP contribution in [0.5, 0.6) is 0 Å². The number of nitrogens with one attached hydrogen (secondary N) is 2. The fraction of sp³-hybridized carbons (Fsp3) is 0.353. The third-order valence-corrected chi connectivity index (χ3v) is 3.95. The third-order valence-electron chi connectivity index (χ3n) is 3.76. The molecule has 5 nitrogen and oxygen atoms in total. The molecule has 1 aromatic carbocycles. The number of hydrogen-bond acceptors (Lipinski definition) is 4. The maximum absolute atomic E-state index is 11.3. The van der Waals surface area contributed by atoms with E-state index in [4.69, 9.17) is 11.6 Å². The standard InChI is InChI=1S/C17H19ClN4O/c1-9-6-13(7-10(2)16(9)19-11(3)23)20-15-8-14(18)21-17(22-15)12-4-5-12/h6-8,12H,4-5H2,1-3H3,(H,19,23)(H,20,21,22). The van der Waals surface area contributed by atoms with Crippen LogP contribution in [-0.2, 0) is 4.79 Å². The molecule has 120 valence electrons. The molecular formula is C17H19ClN4O. The Kier molecular flexibility index (Phi) is 4.22. The molecule has 1 aromatic heterocycles. The number of carbonyl (C=O) groups excluding carboxylic acids is 1. The van der Waals surface area contributed by atoms with Crippen molar-refractivity contribution < 1.29 is 4.79 Å². The van der Waals surface area contributed by atoms with Gasteiger partial charge in [0.2, 0.25) is 5.91 Å². The lowest BCUT2D eigenvalue weighted by molar-refractivity contribution is -0.114. The van der Waals surface area contributed by atoms with Crippen LogP contribution >= 0.6 is 11.6 Å². The lowest BCUT2D eigenvalue weighted by atomic mass is 10.1. The second-order valence-electron chi connectivity index (χ2n) is 6.00. The summed E-state index contributed by atoms with van der Waals surface area (Å²) in [6, 6.07) is 5.68. The van der Waals surface area contributed by atoms with Gasteiger partial charge < -0.3 is 10.6 Å². The summed E-state index contributed by atoms with van der Waals surface area (Å²) in [5.74, 6) is 1.87. The zero-order valence-corrected chi connectivity index (χ0v) is 14.2. The Morgan fingerprint density at radius 2 is 1.83 bits per heavy atom. The molecule has 0 atom stereocenters. The number of amides is 1. The SMILES string of the molecule is CC(=O)Nc1c(C)cc(Nc2cc(Cl)nc(C3CC3)n2)cc1C. The second kappa shape index (κ2) is 6.16. The predicted octanol–water partition coefficient (Wildman–Crippen LogP) is 4.33. The van der Waals surface area contributed by atoms with E-state index in [1.165, 1.54) is 6.92 Å². The molecule has 3 rings (SSSR count). The van der Waals surface area contributed by atoms with Crippen molar-refractivity contribution in [1.82, 2.24) is 9.97 Å². The number of benzene rings is 1. The van der Waals surface area contributed by atoms with Gasteiger partial charge in [-0.3, -0.25) is 4.79 Å². The largest absolute Gasteiger partial charge is 0.340 e. The quantitative estimate of drug-likeness (QED) is 0.819. The van der Waals surface area contributed by atoms with Gasteiger partial charge in [-0.2, -0.15) is 0 Å². The highest BCUT2D eigenvalue weighted by molar-refractivity contribution is 6.29. The third kappa shape index (κ3) is 3.79. The van der Waals surface area contributed by atoms with Crippen LogP contribution in [0, 0.1) is 13.8 Å². The van der Waals surface area contributed by atoms with Gasteiger partial charge in [0.25, 0.3) is 0 Å². The zero-order chi connectivity index (χ0) is 16.6. The second-order valence-corrected chi connectivity index (χ2v) is 6.39. The van der Waals surface area contributed by atoms with Gasteiger partial charge in [0, 0.05) is 30.3 Å². The number of carbonyl (C=O) groups is 1. The van der Waals surface area contributed by atoms with Crippen molar-refractivity contribution in [3.05, 3.63) is 40.3 Å². The van der Waals surface area contributed by atoms with E-state index in [1.54, 1.807) is 6.07 Å². The van der Waals surface area contributed by atoms with Gasteiger partial charge in [0.1, 0.15) is 16.8 Å². The molecular weight excluding hydrogens is 312 g/mol. The van der Waals surface area contributed by atoms with Crippen molar-refractivity contribution in [3.8, 4) is 0 Å². The van der Waals surface area contributed by atoms with E-state index in [9.17, 15) is 4.79 Å². The Labute approximate surface area is 140 Å². The fourth-order valence-corrected chi connectivity index (χ4v) is 2.77. The molecule has 0 radical (unpaired) electrons. The Bertz CT molecular complexity index is 748. The molecule has 1 fully saturated rings. The fourth-order valence-electron chi connectivity index (χ4n) is 2.58. The van der Waals surface area contributed by atoms with Crippen LogP contribution in [0.2, 0.25) is 5.15 Å². The molecule has 2 aromatic rings. The first-order chi connectivity index (χ1) is 10.9. The Hall–Kier alpha value is -2.14. The highest BCUT2D eigenvalue weighted by Gasteiger charge is 2.27. The summed E-state index contributed by atoms with van der Waals surface area (Å²) >= 11 is 6.09. The molecule has 0 saturated heterocycles. The van der Waals surface area contributed by atoms with E-state index < -0.39 is 0 Å². The van der Waals surface area contributed by atoms with Gasteiger partial charge in [-0.1, -0.05) is 11.6 Å². The summed E-state index contributed by atoms with van der Waals surface area (Å²) in [6.07, 6.45) is 2.26. The molecule has 0 spiro atoms. The van der Waals surface area contributed by atoms with Crippen LogP contribution in [0.15, 0.2) is 18.2 Å². The Morgan fingerprint density at radius 3 is 2.39 bits per heavy atom. The monoisotopic (exact) mass is 330 g/mol. The van der Waals surface area contributed by atoms with Gasteiger partial charge in [-0.05, 0) is 49.9 Å². The summed E-state index contributed by atoms with van der Waals surface area (Å²) in [4.78, 5) is 20.1. The van der Waals surface area contributed by atoms with Crippen molar-refractivity contribution in [2.75, 3.05) is 10.6 Å². The Morgan fingerprint density at radius 1 is 1.17 bits per heavy atom. The lowest BCUT2D eigenvalue weighted by Crippen LogP contribution is -2.09. The maximum atomic E-state index is 11.3. The lowest BCUT2D eigenvalue weighted by Gasteiger charge is -2.14. The minimum atomic E-state index is -0.0754. The molecule has 0 unspecified atom stereocenters. The highest BCUT2D eigenvalue weighted by atomic mass is 35.5. The van der Waals surface area contributed by atoms with E-state index in [0.717, 1.165) is 41.2 Å². The van der Waals surface area contributed by atoms with Crippen LogP contribution in [0.25, 0.3) is 0 Å². The van der Waals surface area contributed by atoms with Crippen molar-refractivity contribution in [3.63, 3.8) is 0 Å². The van der Waals surface area contributed by atoms with Crippen molar-refractivity contribution in [2.24, 2.45) is 0 Å². The summed E-state index contributed by atoms with van der Waals surface area (Å²) in [7, 11) is 0. The topological polar surface area (TPSA) is 66.9 Å². The number of nitrogens with zero attached hydrogens (tertiary/aromatic N) is 2. The first-order valence-corrected chi connectivity index (χ1v) is 8.00. The normalized spacial score (nSPS) is 13.7. The molecule has 2 N–H and O–H groups in total. The molecule has 1 aliphatic carbocycles. The number of halogens is 1. The predicted molar refractivity (Wildman–Crippen MR) is 92.5 cm³/mol. The maximum Gasteiger partial charge on any atom is 0.221 e. The van der Waals surface area contributed by atoms with Crippen molar-refractivity contribution in [2.45, 2.75) is 39.5 Å². The number of aromatic nitrogens is 2. The van der Waals surface area contributed by atoms with E-state index in [0.29, 0.717) is 16.9 Å². The molecule has 1 heterocycles. The zero-order valence-electron chi connectivity index (χ0n) is 13.4. The average molecular weight is 331 g/mol. The van der Waals surface area contributed by atoms with Crippen molar-refractivity contribution >= 4 is 34.7 Å². The van der Waals surface area contributed by atoms with Gasteiger partial charge in [0.05, 0.1) is 0 Å². The first-order valence-electron chi connectivity index (χ1n) is 7.62. The van der Waals surface area contributed by atoms with Gasteiger partial charge in [-0.25, -0.2) is 9.97 Å². The molecule has 6 heteroatoms. The molecule has 1 amide bonds. The van der Waals surface area contributed by atoms with E-state index in [1.807, 2.05) is 26.0 Å². The van der Waals surface area contributed by atoms with Gasteiger partial charge in [-0.15, -0.1) is 0 Å².